The zero-order chi connectivity index (χ0) is 21.3. The van der Waals surface area contributed by atoms with Gasteiger partial charge in [-0.2, -0.15) is 0 Å². The molecule has 0 radical (unpaired) electrons. The molecule has 2 aromatic heterocycles. The number of halogens is 1. The van der Waals surface area contributed by atoms with Crippen molar-refractivity contribution in [3.63, 3.8) is 0 Å². The number of nitrogens with zero attached hydrogens (tertiary/aromatic N) is 2. The summed E-state index contributed by atoms with van der Waals surface area (Å²) in [5.74, 6) is -1.93. The summed E-state index contributed by atoms with van der Waals surface area (Å²) < 4.78 is 15.5. The van der Waals surface area contributed by atoms with Gasteiger partial charge in [0.15, 0.2) is 11.3 Å². The molecule has 4 rings (SSSR count). The Bertz CT molecular complexity index is 1360. The zero-order valence-electron chi connectivity index (χ0n) is 15.6. The third kappa shape index (κ3) is 3.46. The first-order valence-electron chi connectivity index (χ1n) is 9.03. The Morgan fingerprint density at radius 3 is 2.40 bits per heavy atom. The van der Waals surface area contributed by atoms with Crippen molar-refractivity contribution in [2.45, 2.75) is 6.54 Å². The van der Waals surface area contributed by atoms with Gasteiger partial charge in [-0.1, -0.05) is 30.3 Å². The van der Waals surface area contributed by atoms with E-state index >= 15 is 0 Å². The molecule has 150 valence electrons. The normalized spacial score (nSPS) is 10.8. The molecule has 0 aliphatic heterocycles. The van der Waals surface area contributed by atoms with Crippen LogP contribution in [0.25, 0.3) is 11.2 Å². The van der Waals surface area contributed by atoms with Gasteiger partial charge in [-0.15, -0.1) is 0 Å². The van der Waals surface area contributed by atoms with Crippen LogP contribution in [-0.4, -0.2) is 20.0 Å². The lowest BCUT2D eigenvalue weighted by molar-refractivity contribution is 0.0949. The highest BCUT2D eigenvalue weighted by molar-refractivity contribution is 5.94. The van der Waals surface area contributed by atoms with Gasteiger partial charge in [-0.05, 0) is 29.8 Å². The van der Waals surface area contributed by atoms with Gasteiger partial charge >= 0.3 is 0 Å². The second kappa shape index (κ2) is 7.67. The van der Waals surface area contributed by atoms with E-state index in [1.54, 1.807) is 30.3 Å². The number of hydrogen-bond acceptors (Lipinski definition) is 4. The largest absolute Gasteiger partial charge is 0.503 e. The molecule has 30 heavy (non-hydrogen) atoms. The van der Waals surface area contributed by atoms with Crippen molar-refractivity contribution in [3.05, 3.63) is 111 Å². The summed E-state index contributed by atoms with van der Waals surface area (Å²) in [6, 6.07) is 14.3. The molecule has 2 heterocycles. The summed E-state index contributed by atoms with van der Waals surface area (Å²) in [4.78, 5) is 37.9. The highest BCUT2D eigenvalue weighted by Gasteiger charge is 2.19. The molecule has 2 N–H and O–H groups in total. The SMILES string of the molecule is O=C(NCc1ccc(F)cc1)c1cn2ccn(-c3ccccc3)c(=O)c2c(O)c1=O. The highest BCUT2D eigenvalue weighted by atomic mass is 19.1. The first-order valence-corrected chi connectivity index (χ1v) is 9.03. The predicted molar refractivity (Wildman–Crippen MR) is 108 cm³/mol. The molecule has 0 unspecified atom stereocenters. The van der Waals surface area contributed by atoms with Crippen LogP contribution in [0.1, 0.15) is 15.9 Å². The van der Waals surface area contributed by atoms with Crippen molar-refractivity contribution in [2.75, 3.05) is 0 Å². The van der Waals surface area contributed by atoms with Crippen LogP contribution in [-0.2, 0) is 6.54 Å². The molecular formula is C22H16FN3O4. The number of carbonyl (C=O) groups is 1. The second-order valence-corrected chi connectivity index (χ2v) is 6.59. The predicted octanol–water partition coefficient (Wildman–Crippen LogP) is 2.23. The molecule has 0 aliphatic carbocycles. The van der Waals surface area contributed by atoms with Crippen molar-refractivity contribution in [3.8, 4) is 11.4 Å². The van der Waals surface area contributed by atoms with Gasteiger partial charge in [-0.25, -0.2) is 4.39 Å². The third-order valence-corrected chi connectivity index (χ3v) is 4.65. The molecule has 2 aromatic carbocycles. The molecule has 7 nitrogen and oxygen atoms in total. The van der Waals surface area contributed by atoms with E-state index in [1.807, 2.05) is 0 Å². The maximum atomic E-state index is 13.0. The van der Waals surface area contributed by atoms with Crippen LogP contribution in [0.2, 0.25) is 0 Å². The monoisotopic (exact) mass is 405 g/mol. The molecule has 0 aliphatic rings. The molecule has 0 bridgehead atoms. The number of carbonyl (C=O) groups excluding carboxylic acids is 1. The quantitative estimate of drug-likeness (QED) is 0.545. The first kappa shape index (κ1) is 19.1. The Hall–Kier alpha value is -4.20. The maximum absolute atomic E-state index is 13.0. The number of para-hydroxylation sites is 1. The van der Waals surface area contributed by atoms with E-state index in [9.17, 15) is 23.9 Å². The number of pyridine rings is 1. The molecule has 8 heteroatoms. The molecule has 0 atom stereocenters. The van der Waals surface area contributed by atoms with E-state index in [0.717, 1.165) is 0 Å². The fourth-order valence-corrected chi connectivity index (χ4v) is 3.10. The number of aromatic nitrogens is 2. The van der Waals surface area contributed by atoms with Crippen molar-refractivity contribution >= 4 is 11.4 Å². The van der Waals surface area contributed by atoms with Gasteiger partial charge in [-0.3, -0.25) is 19.0 Å². The lowest BCUT2D eigenvalue weighted by Gasteiger charge is -2.11. The van der Waals surface area contributed by atoms with Crippen molar-refractivity contribution in [1.29, 1.82) is 0 Å². The van der Waals surface area contributed by atoms with Gasteiger partial charge in [0.25, 0.3) is 11.5 Å². The summed E-state index contributed by atoms with van der Waals surface area (Å²) in [6.07, 6.45) is 4.16. The van der Waals surface area contributed by atoms with E-state index < -0.39 is 28.5 Å². The highest BCUT2D eigenvalue weighted by Crippen LogP contribution is 2.13. The number of benzene rings is 2. The van der Waals surface area contributed by atoms with Crippen molar-refractivity contribution < 1.29 is 14.3 Å². The Morgan fingerprint density at radius 2 is 1.70 bits per heavy atom. The average molecular weight is 405 g/mol. The molecular weight excluding hydrogens is 389 g/mol. The molecule has 1 amide bonds. The van der Waals surface area contributed by atoms with Crippen molar-refractivity contribution in [1.82, 2.24) is 14.3 Å². The standard InChI is InChI=1S/C22H16FN3O4/c23-15-8-6-14(7-9-15)12-24-21(29)17-13-25-10-11-26(16-4-2-1-3-5-16)22(30)18(25)20(28)19(17)27/h1-11,13,28H,12H2,(H,24,29). The molecule has 0 saturated carbocycles. The molecule has 4 aromatic rings. The summed E-state index contributed by atoms with van der Waals surface area (Å²) in [7, 11) is 0. The van der Waals surface area contributed by atoms with Gasteiger partial charge in [0.05, 0.1) is 0 Å². The molecule has 0 saturated heterocycles. The van der Waals surface area contributed by atoms with Crippen molar-refractivity contribution in [2.24, 2.45) is 0 Å². The van der Waals surface area contributed by atoms with Crippen LogP contribution in [0.15, 0.2) is 82.8 Å². The summed E-state index contributed by atoms with van der Waals surface area (Å²) >= 11 is 0. The summed E-state index contributed by atoms with van der Waals surface area (Å²) in [5, 5.41) is 12.9. The minimum Gasteiger partial charge on any atom is -0.503 e. The number of aromatic hydroxyl groups is 1. The third-order valence-electron chi connectivity index (χ3n) is 4.65. The number of nitrogens with one attached hydrogen (secondary N) is 1. The Labute approximate surface area is 169 Å². The van der Waals surface area contributed by atoms with E-state index in [1.165, 1.54) is 51.8 Å². The van der Waals surface area contributed by atoms with Gasteiger partial charge in [0.1, 0.15) is 11.4 Å². The fourth-order valence-electron chi connectivity index (χ4n) is 3.10. The smallest absolute Gasteiger partial charge is 0.283 e. The second-order valence-electron chi connectivity index (χ2n) is 6.59. The number of fused-ring (bicyclic) bond motifs is 1. The van der Waals surface area contributed by atoms with Crippen LogP contribution in [0.4, 0.5) is 4.39 Å². The van der Waals surface area contributed by atoms with Crippen LogP contribution in [0.3, 0.4) is 0 Å². The summed E-state index contributed by atoms with van der Waals surface area (Å²) in [5.41, 5.74) is -0.893. The van der Waals surface area contributed by atoms with E-state index in [-0.39, 0.29) is 17.6 Å². The van der Waals surface area contributed by atoms with Gasteiger partial charge in [0, 0.05) is 30.8 Å². The average Bonchev–Trinajstić information content (AvgIpc) is 2.76. The first-order chi connectivity index (χ1) is 14.5. The zero-order valence-corrected chi connectivity index (χ0v) is 15.6. The maximum Gasteiger partial charge on any atom is 0.283 e. The lowest BCUT2D eigenvalue weighted by Crippen LogP contribution is -2.30. The van der Waals surface area contributed by atoms with Gasteiger partial charge < -0.3 is 14.8 Å². The fraction of sp³-hybridized carbons (Fsp3) is 0.0455. The minimum absolute atomic E-state index is 0.0671. The molecule has 0 fully saturated rings. The van der Waals surface area contributed by atoms with Gasteiger partial charge in [0.2, 0.25) is 5.43 Å². The Kier molecular flexibility index (Phi) is 4.89. The van der Waals surface area contributed by atoms with Crippen LogP contribution >= 0.6 is 0 Å². The van der Waals surface area contributed by atoms with Crippen LogP contribution < -0.4 is 16.3 Å². The van der Waals surface area contributed by atoms with E-state index in [0.29, 0.717) is 11.3 Å². The summed E-state index contributed by atoms with van der Waals surface area (Å²) in [6.45, 7) is 0.0671. The number of amides is 1. The Balaban J connectivity index is 1.71. The molecule has 0 spiro atoms. The van der Waals surface area contributed by atoms with Crippen LogP contribution in [0.5, 0.6) is 5.75 Å². The topological polar surface area (TPSA) is 92.8 Å². The number of rotatable bonds is 4. The lowest BCUT2D eigenvalue weighted by atomic mass is 10.2. The number of hydrogen-bond donors (Lipinski definition) is 2. The van der Waals surface area contributed by atoms with Crippen LogP contribution in [0, 0.1) is 5.82 Å². The Morgan fingerprint density at radius 1 is 1.00 bits per heavy atom. The minimum atomic E-state index is -0.950. The van der Waals surface area contributed by atoms with E-state index in [4.69, 9.17) is 0 Å². The van der Waals surface area contributed by atoms with E-state index in [2.05, 4.69) is 5.32 Å².